The predicted molar refractivity (Wildman–Crippen MR) is 93.5 cm³/mol. The summed E-state index contributed by atoms with van der Waals surface area (Å²) in [6, 6.07) is 12.6. The van der Waals surface area contributed by atoms with Crippen LogP contribution in [0.4, 0.5) is 0 Å². The Morgan fingerprint density at radius 3 is 2.46 bits per heavy atom. The molecule has 0 atom stereocenters. The Balaban J connectivity index is 2.01. The van der Waals surface area contributed by atoms with Crippen LogP contribution in [-0.2, 0) is 0 Å². The first-order chi connectivity index (χ1) is 11.6. The van der Waals surface area contributed by atoms with Gasteiger partial charge in [-0.3, -0.25) is 4.79 Å². The van der Waals surface area contributed by atoms with E-state index in [1.54, 1.807) is 24.1 Å². The summed E-state index contributed by atoms with van der Waals surface area (Å²) >= 11 is 6.15. The molecule has 0 saturated heterocycles. The fourth-order valence-corrected chi connectivity index (χ4v) is 2.47. The Hall–Kier alpha value is -2.40. The van der Waals surface area contributed by atoms with Gasteiger partial charge in [0.25, 0.3) is 5.91 Å². The first-order valence-electron chi connectivity index (χ1n) is 7.41. The number of benzene rings is 2. The van der Waals surface area contributed by atoms with Crippen LogP contribution in [0.15, 0.2) is 42.5 Å². The number of likely N-dealkylation sites (N-methyl/N-ethyl adjacent to an activating group) is 1. The van der Waals surface area contributed by atoms with Crippen LogP contribution in [0.25, 0.3) is 0 Å². The van der Waals surface area contributed by atoms with Gasteiger partial charge < -0.3 is 19.1 Å². The monoisotopic (exact) mass is 349 g/mol. The highest BCUT2D eigenvalue weighted by atomic mass is 35.5. The van der Waals surface area contributed by atoms with E-state index in [-0.39, 0.29) is 5.91 Å². The number of rotatable bonds is 7. The van der Waals surface area contributed by atoms with E-state index in [0.29, 0.717) is 35.2 Å². The Morgan fingerprint density at radius 2 is 1.83 bits per heavy atom. The van der Waals surface area contributed by atoms with Crippen molar-refractivity contribution >= 4 is 17.5 Å². The summed E-state index contributed by atoms with van der Waals surface area (Å²) in [5, 5.41) is 0.328. The molecular formula is C18H20ClNO4. The molecule has 0 N–H and O–H groups in total. The second-order valence-corrected chi connectivity index (χ2v) is 5.49. The lowest BCUT2D eigenvalue weighted by Gasteiger charge is -2.19. The number of halogens is 1. The van der Waals surface area contributed by atoms with E-state index in [4.69, 9.17) is 25.8 Å². The number of hydrogen-bond donors (Lipinski definition) is 0. The van der Waals surface area contributed by atoms with Gasteiger partial charge >= 0.3 is 0 Å². The molecule has 0 aliphatic carbocycles. The minimum absolute atomic E-state index is 0.172. The summed E-state index contributed by atoms with van der Waals surface area (Å²) in [7, 11) is 4.71. The van der Waals surface area contributed by atoms with Crippen molar-refractivity contribution in [3.63, 3.8) is 0 Å². The van der Waals surface area contributed by atoms with Crippen LogP contribution in [0.3, 0.4) is 0 Å². The quantitative estimate of drug-likeness (QED) is 0.767. The minimum Gasteiger partial charge on any atom is -0.493 e. The minimum atomic E-state index is -0.172. The molecule has 0 saturated carbocycles. The van der Waals surface area contributed by atoms with Gasteiger partial charge in [0.15, 0.2) is 11.5 Å². The van der Waals surface area contributed by atoms with E-state index in [9.17, 15) is 4.79 Å². The lowest BCUT2D eigenvalue weighted by Crippen LogP contribution is -2.30. The third kappa shape index (κ3) is 4.32. The van der Waals surface area contributed by atoms with Crippen LogP contribution in [0, 0.1) is 0 Å². The second kappa shape index (κ2) is 8.45. The highest BCUT2D eigenvalue weighted by molar-refractivity contribution is 6.32. The van der Waals surface area contributed by atoms with Gasteiger partial charge in [-0.25, -0.2) is 0 Å². The smallest absolute Gasteiger partial charge is 0.253 e. The van der Waals surface area contributed by atoms with Crippen LogP contribution >= 0.6 is 11.6 Å². The average molecular weight is 350 g/mol. The van der Waals surface area contributed by atoms with Gasteiger partial charge in [0.1, 0.15) is 12.4 Å². The van der Waals surface area contributed by atoms with Crippen LogP contribution in [0.2, 0.25) is 5.02 Å². The zero-order valence-electron chi connectivity index (χ0n) is 13.9. The molecular weight excluding hydrogens is 330 g/mol. The van der Waals surface area contributed by atoms with Crippen LogP contribution in [0.1, 0.15) is 10.4 Å². The van der Waals surface area contributed by atoms with Crippen molar-refractivity contribution in [1.82, 2.24) is 4.90 Å². The van der Waals surface area contributed by atoms with Crippen LogP contribution in [-0.4, -0.2) is 45.2 Å². The summed E-state index contributed by atoms with van der Waals surface area (Å²) in [5.74, 6) is 1.43. The van der Waals surface area contributed by atoms with Crippen LogP contribution < -0.4 is 14.2 Å². The van der Waals surface area contributed by atoms with E-state index in [1.807, 2.05) is 30.3 Å². The summed E-state index contributed by atoms with van der Waals surface area (Å²) < 4.78 is 16.0. The van der Waals surface area contributed by atoms with E-state index in [0.717, 1.165) is 5.75 Å². The normalized spacial score (nSPS) is 10.2. The third-order valence-corrected chi connectivity index (χ3v) is 3.75. The largest absolute Gasteiger partial charge is 0.493 e. The van der Waals surface area contributed by atoms with Crippen molar-refractivity contribution < 1.29 is 19.0 Å². The molecule has 2 rings (SSSR count). The number of hydrogen-bond acceptors (Lipinski definition) is 4. The van der Waals surface area contributed by atoms with Crippen molar-refractivity contribution in [1.29, 1.82) is 0 Å². The van der Waals surface area contributed by atoms with Crippen molar-refractivity contribution in [3.8, 4) is 17.2 Å². The molecule has 2 aromatic carbocycles. The molecule has 0 radical (unpaired) electrons. The Kier molecular flexibility index (Phi) is 6.32. The lowest BCUT2D eigenvalue weighted by atomic mass is 10.1. The molecule has 0 aliphatic heterocycles. The number of carbonyl (C=O) groups is 1. The zero-order valence-corrected chi connectivity index (χ0v) is 14.7. The highest BCUT2D eigenvalue weighted by Gasteiger charge is 2.17. The van der Waals surface area contributed by atoms with Gasteiger partial charge in [-0.15, -0.1) is 0 Å². The molecule has 0 fully saturated rings. The molecule has 0 spiro atoms. The predicted octanol–water partition coefficient (Wildman–Crippen LogP) is 3.51. The molecule has 1 amide bonds. The molecule has 0 unspecified atom stereocenters. The van der Waals surface area contributed by atoms with Gasteiger partial charge in [-0.2, -0.15) is 0 Å². The third-order valence-electron chi connectivity index (χ3n) is 3.47. The molecule has 6 heteroatoms. The molecule has 0 aliphatic rings. The summed E-state index contributed by atoms with van der Waals surface area (Å²) in [6.07, 6.45) is 0. The van der Waals surface area contributed by atoms with Gasteiger partial charge in [-0.1, -0.05) is 29.8 Å². The van der Waals surface area contributed by atoms with Crippen molar-refractivity contribution in [2.24, 2.45) is 0 Å². The van der Waals surface area contributed by atoms with E-state index in [2.05, 4.69) is 0 Å². The number of nitrogens with zero attached hydrogens (tertiary/aromatic N) is 1. The maximum Gasteiger partial charge on any atom is 0.253 e. The fraction of sp³-hybridized carbons (Fsp3) is 0.278. The fourth-order valence-electron chi connectivity index (χ4n) is 2.18. The van der Waals surface area contributed by atoms with E-state index < -0.39 is 0 Å². The number of amides is 1. The Labute approximate surface area is 146 Å². The van der Waals surface area contributed by atoms with Gasteiger partial charge in [0.2, 0.25) is 0 Å². The molecule has 2 aromatic rings. The molecule has 24 heavy (non-hydrogen) atoms. The highest BCUT2D eigenvalue weighted by Crippen LogP contribution is 2.36. The summed E-state index contributed by atoms with van der Waals surface area (Å²) in [6.45, 7) is 0.840. The standard InChI is InChI=1S/C18H20ClNO4/c1-20(9-10-24-14-7-5-4-6-8-14)18(21)13-11-15(19)17(23-3)16(12-13)22-2/h4-8,11-12H,9-10H2,1-3H3. The Morgan fingerprint density at radius 1 is 1.12 bits per heavy atom. The summed E-state index contributed by atoms with van der Waals surface area (Å²) in [5.41, 5.74) is 0.430. The molecule has 128 valence electrons. The first-order valence-corrected chi connectivity index (χ1v) is 7.79. The SMILES string of the molecule is COc1cc(C(=O)N(C)CCOc2ccccc2)cc(Cl)c1OC. The van der Waals surface area contributed by atoms with Crippen molar-refractivity contribution in [2.75, 3.05) is 34.4 Å². The topological polar surface area (TPSA) is 48.0 Å². The number of carbonyl (C=O) groups excluding carboxylic acids is 1. The average Bonchev–Trinajstić information content (AvgIpc) is 2.61. The number of methoxy groups -OCH3 is 2. The van der Waals surface area contributed by atoms with E-state index >= 15 is 0 Å². The molecule has 0 aromatic heterocycles. The van der Waals surface area contributed by atoms with Gasteiger partial charge in [0.05, 0.1) is 25.8 Å². The number of para-hydroxylation sites is 1. The van der Waals surface area contributed by atoms with E-state index in [1.165, 1.54) is 14.2 Å². The second-order valence-electron chi connectivity index (χ2n) is 5.08. The number of ether oxygens (including phenoxy) is 3. The maximum atomic E-state index is 12.5. The van der Waals surface area contributed by atoms with Crippen LogP contribution in [0.5, 0.6) is 17.2 Å². The molecule has 5 nitrogen and oxygen atoms in total. The summed E-state index contributed by atoms with van der Waals surface area (Å²) in [4.78, 5) is 14.1. The lowest BCUT2D eigenvalue weighted by molar-refractivity contribution is 0.0773. The zero-order chi connectivity index (χ0) is 17.5. The van der Waals surface area contributed by atoms with Crippen molar-refractivity contribution in [3.05, 3.63) is 53.1 Å². The Bertz CT molecular complexity index is 691. The molecule has 0 bridgehead atoms. The van der Waals surface area contributed by atoms with Gasteiger partial charge in [-0.05, 0) is 24.3 Å². The molecule has 0 heterocycles. The van der Waals surface area contributed by atoms with Crippen molar-refractivity contribution in [2.45, 2.75) is 0 Å². The van der Waals surface area contributed by atoms with Gasteiger partial charge in [0, 0.05) is 12.6 Å². The first kappa shape index (κ1) is 17.9. The maximum absolute atomic E-state index is 12.5.